The molecule has 0 N–H and O–H groups in total. The minimum atomic E-state index is -0.962. The summed E-state index contributed by atoms with van der Waals surface area (Å²) in [6, 6.07) is 0. The number of hydrogen-bond acceptors (Lipinski definition) is 4. The number of hydrogen-bond donors (Lipinski definition) is 0. The van der Waals surface area contributed by atoms with Gasteiger partial charge in [0.15, 0.2) is 0 Å². The Labute approximate surface area is 71.4 Å². The van der Waals surface area contributed by atoms with E-state index in [1.165, 1.54) is 6.92 Å². The normalized spacial score (nSPS) is 27.1. The molecular formula is C8H12N2O2. The van der Waals surface area contributed by atoms with E-state index in [1.807, 2.05) is 13.8 Å². The molecule has 4 nitrogen and oxygen atoms in total. The molecule has 1 aliphatic rings. The number of aliphatic imine (C=N–C) groups is 2. The van der Waals surface area contributed by atoms with E-state index in [0.29, 0.717) is 6.42 Å². The van der Waals surface area contributed by atoms with Gasteiger partial charge in [0, 0.05) is 19.6 Å². The summed E-state index contributed by atoms with van der Waals surface area (Å²) < 4.78 is 4.99. The van der Waals surface area contributed by atoms with Crippen LogP contribution < -0.4 is 0 Å². The molecule has 0 aromatic carbocycles. The lowest BCUT2D eigenvalue weighted by Gasteiger charge is -2.19. The summed E-state index contributed by atoms with van der Waals surface area (Å²) in [6.45, 7) is 5.06. The molecule has 0 amide bonds. The van der Waals surface area contributed by atoms with Gasteiger partial charge in [0.2, 0.25) is 0 Å². The summed E-state index contributed by atoms with van der Waals surface area (Å²) >= 11 is 0. The van der Waals surface area contributed by atoms with Crippen molar-refractivity contribution in [1.82, 2.24) is 0 Å². The van der Waals surface area contributed by atoms with Gasteiger partial charge in [-0.1, -0.05) is 6.92 Å². The first-order valence-electron chi connectivity index (χ1n) is 3.89. The zero-order chi connectivity index (χ0) is 9.19. The van der Waals surface area contributed by atoms with Gasteiger partial charge in [0.05, 0.1) is 5.71 Å². The highest BCUT2D eigenvalue weighted by atomic mass is 16.6. The van der Waals surface area contributed by atoms with Crippen LogP contribution in [0.2, 0.25) is 0 Å². The second-order valence-corrected chi connectivity index (χ2v) is 2.70. The van der Waals surface area contributed by atoms with Crippen LogP contribution >= 0.6 is 0 Å². The summed E-state index contributed by atoms with van der Waals surface area (Å²) in [5, 5.41) is 0. The Hall–Kier alpha value is -1.19. The van der Waals surface area contributed by atoms with Crippen LogP contribution in [0.25, 0.3) is 0 Å². The first kappa shape index (κ1) is 8.90. The molecule has 1 unspecified atom stereocenters. The predicted octanol–water partition coefficient (Wildman–Crippen LogP) is 1.16. The van der Waals surface area contributed by atoms with E-state index in [2.05, 4.69) is 9.98 Å². The first-order valence-corrected chi connectivity index (χ1v) is 3.89. The largest absolute Gasteiger partial charge is 0.416 e. The van der Waals surface area contributed by atoms with E-state index in [0.717, 1.165) is 5.71 Å². The second kappa shape index (κ2) is 3.05. The number of nitrogens with zero attached hydrogens (tertiary/aromatic N) is 2. The summed E-state index contributed by atoms with van der Waals surface area (Å²) in [6.07, 6.45) is 2.19. The van der Waals surface area contributed by atoms with Crippen molar-refractivity contribution >= 4 is 17.9 Å². The van der Waals surface area contributed by atoms with Crippen LogP contribution in [-0.2, 0) is 9.53 Å². The minimum absolute atomic E-state index is 0.354. The zero-order valence-corrected chi connectivity index (χ0v) is 7.50. The number of carbonyl (C=O) groups is 1. The van der Waals surface area contributed by atoms with Crippen LogP contribution in [0.15, 0.2) is 9.98 Å². The van der Waals surface area contributed by atoms with E-state index in [1.54, 1.807) is 6.21 Å². The molecule has 0 radical (unpaired) electrons. The highest BCUT2D eigenvalue weighted by molar-refractivity contribution is 6.30. The number of ether oxygens (including phenoxy) is 1. The lowest BCUT2D eigenvalue weighted by Crippen LogP contribution is -2.27. The Morgan fingerprint density at radius 2 is 2.42 bits per heavy atom. The van der Waals surface area contributed by atoms with Crippen molar-refractivity contribution in [2.45, 2.75) is 33.0 Å². The summed E-state index contributed by atoms with van der Waals surface area (Å²) in [4.78, 5) is 18.9. The lowest BCUT2D eigenvalue weighted by molar-refractivity contribution is -0.155. The smallest absolute Gasteiger partial charge is 0.306 e. The van der Waals surface area contributed by atoms with Crippen molar-refractivity contribution in [2.75, 3.05) is 0 Å². The molecule has 1 aliphatic heterocycles. The molecule has 0 aromatic heterocycles. The summed E-state index contributed by atoms with van der Waals surface area (Å²) in [5.41, 5.74) is 0.790. The van der Waals surface area contributed by atoms with Crippen LogP contribution in [0.4, 0.5) is 0 Å². The Bertz CT molecular complexity index is 258. The van der Waals surface area contributed by atoms with Crippen LogP contribution in [0.3, 0.4) is 0 Å². The highest BCUT2D eigenvalue weighted by Gasteiger charge is 2.32. The van der Waals surface area contributed by atoms with Gasteiger partial charge in [-0.15, -0.1) is 0 Å². The van der Waals surface area contributed by atoms with Gasteiger partial charge in [0.1, 0.15) is 0 Å². The van der Waals surface area contributed by atoms with Crippen molar-refractivity contribution in [3.63, 3.8) is 0 Å². The highest BCUT2D eigenvalue weighted by Crippen LogP contribution is 2.23. The van der Waals surface area contributed by atoms with Crippen molar-refractivity contribution < 1.29 is 9.53 Å². The van der Waals surface area contributed by atoms with Crippen LogP contribution in [0.1, 0.15) is 27.2 Å². The van der Waals surface area contributed by atoms with E-state index < -0.39 is 5.85 Å². The molecule has 0 spiro atoms. The number of rotatable bonds is 2. The fourth-order valence-corrected chi connectivity index (χ4v) is 1.05. The van der Waals surface area contributed by atoms with Gasteiger partial charge >= 0.3 is 11.8 Å². The molecule has 0 fully saturated rings. The van der Waals surface area contributed by atoms with Crippen molar-refractivity contribution in [2.24, 2.45) is 9.98 Å². The Kier molecular flexibility index (Phi) is 2.26. The Morgan fingerprint density at radius 3 is 2.75 bits per heavy atom. The molecule has 0 bridgehead atoms. The molecular weight excluding hydrogens is 156 g/mol. The van der Waals surface area contributed by atoms with E-state index in [9.17, 15) is 4.79 Å². The SMILES string of the molecule is CCC1(OC(C)=O)N=CC(C)=N1. The van der Waals surface area contributed by atoms with E-state index >= 15 is 0 Å². The fraction of sp³-hybridized carbons (Fsp3) is 0.625. The molecule has 4 heteroatoms. The lowest BCUT2D eigenvalue weighted by atomic mass is 10.3. The van der Waals surface area contributed by atoms with Gasteiger partial charge in [-0.05, 0) is 6.92 Å². The maximum atomic E-state index is 10.7. The van der Waals surface area contributed by atoms with Crippen LogP contribution in [0.5, 0.6) is 0 Å². The van der Waals surface area contributed by atoms with Gasteiger partial charge in [0.25, 0.3) is 0 Å². The van der Waals surface area contributed by atoms with E-state index in [-0.39, 0.29) is 5.97 Å². The quantitative estimate of drug-likeness (QED) is 0.581. The predicted molar refractivity (Wildman–Crippen MR) is 46.4 cm³/mol. The maximum Gasteiger partial charge on any atom is 0.306 e. The average molecular weight is 168 g/mol. The standard InChI is InChI=1S/C8H12N2O2/c1-4-8(12-7(3)11)9-5-6(2)10-8/h5H,4H2,1-3H3. The van der Waals surface area contributed by atoms with Gasteiger partial charge in [-0.25, -0.2) is 9.98 Å². The van der Waals surface area contributed by atoms with Crippen LogP contribution in [0, 0.1) is 0 Å². The Balaban J connectivity index is 2.79. The average Bonchev–Trinajstić information content (AvgIpc) is 2.32. The van der Waals surface area contributed by atoms with E-state index in [4.69, 9.17) is 4.74 Å². The maximum absolute atomic E-state index is 10.7. The summed E-state index contributed by atoms with van der Waals surface area (Å²) in [5.74, 6) is -1.32. The molecule has 0 saturated carbocycles. The third kappa shape index (κ3) is 1.69. The molecule has 1 atom stereocenters. The third-order valence-electron chi connectivity index (χ3n) is 1.57. The minimum Gasteiger partial charge on any atom is -0.416 e. The fourth-order valence-electron chi connectivity index (χ4n) is 1.05. The molecule has 0 aromatic rings. The molecule has 66 valence electrons. The molecule has 0 saturated heterocycles. The second-order valence-electron chi connectivity index (χ2n) is 2.70. The number of carbonyl (C=O) groups excluding carboxylic acids is 1. The van der Waals surface area contributed by atoms with Gasteiger partial charge in [-0.2, -0.15) is 0 Å². The molecule has 12 heavy (non-hydrogen) atoms. The zero-order valence-electron chi connectivity index (χ0n) is 7.50. The van der Waals surface area contributed by atoms with Crippen molar-refractivity contribution in [3.8, 4) is 0 Å². The van der Waals surface area contributed by atoms with Gasteiger partial charge < -0.3 is 4.74 Å². The van der Waals surface area contributed by atoms with Crippen molar-refractivity contribution in [3.05, 3.63) is 0 Å². The first-order chi connectivity index (χ1) is 5.58. The monoisotopic (exact) mass is 168 g/mol. The topological polar surface area (TPSA) is 51.0 Å². The molecule has 1 rings (SSSR count). The molecule has 0 aliphatic carbocycles. The Morgan fingerprint density at radius 1 is 1.75 bits per heavy atom. The third-order valence-corrected chi connectivity index (χ3v) is 1.57. The van der Waals surface area contributed by atoms with Crippen LogP contribution in [-0.4, -0.2) is 23.7 Å². The number of esters is 1. The van der Waals surface area contributed by atoms with Crippen molar-refractivity contribution in [1.29, 1.82) is 0 Å². The molecule has 1 heterocycles. The summed E-state index contributed by atoms with van der Waals surface area (Å²) in [7, 11) is 0. The van der Waals surface area contributed by atoms with Gasteiger partial charge in [-0.3, -0.25) is 4.79 Å².